The van der Waals surface area contributed by atoms with E-state index in [2.05, 4.69) is 75.4 Å². The van der Waals surface area contributed by atoms with E-state index in [9.17, 15) is 0 Å². The van der Waals surface area contributed by atoms with Crippen LogP contribution in [0.4, 0.5) is 0 Å². The Hall–Kier alpha value is -1.82. The number of rotatable bonds is 3. The Balaban J connectivity index is 2.23. The molecule has 0 aliphatic heterocycles. The van der Waals surface area contributed by atoms with Crippen molar-refractivity contribution in [1.29, 1.82) is 0 Å². The summed E-state index contributed by atoms with van der Waals surface area (Å²) in [6.07, 6.45) is 2.24. The summed E-state index contributed by atoms with van der Waals surface area (Å²) >= 11 is 0. The fourth-order valence-electron chi connectivity index (χ4n) is 2.01. The van der Waals surface area contributed by atoms with Gasteiger partial charge in [-0.15, -0.1) is 0 Å². The molecule has 0 heterocycles. The van der Waals surface area contributed by atoms with Crippen LogP contribution in [-0.2, 0) is 0 Å². The van der Waals surface area contributed by atoms with Crippen LogP contribution >= 0.6 is 0 Å². The van der Waals surface area contributed by atoms with Crippen molar-refractivity contribution in [3.8, 4) is 0 Å². The fourth-order valence-corrected chi connectivity index (χ4v) is 2.01. The van der Waals surface area contributed by atoms with E-state index in [-0.39, 0.29) is 0 Å². The molecule has 0 aromatic heterocycles. The van der Waals surface area contributed by atoms with Crippen molar-refractivity contribution in [3.05, 3.63) is 71.3 Å². The first-order chi connectivity index (χ1) is 8.66. The molecule has 0 N–H and O–H groups in total. The highest BCUT2D eigenvalue weighted by atomic mass is 14.0. The molecule has 92 valence electrons. The van der Waals surface area contributed by atoms with E-state index in [1.807, 2.05) is 6.07 Å². The highest BCUT2D eigenvalue weighted by Gasteiger charge is 1.98. The average molecular weight is 236 g/mol. The maximum absolute atomic E-state index is 2.24. The fraction of sp³-hybridized carbons (Fsp3) is 0.222. The minimum Gasteiger partial charge on any atom is -0.0622 e. The monoisotopic (exact) mass is 236 g/mol. The van der Waals surface area contributed by atoms with Crippen molar-refractivity contribution >= 4 is 11.6 Å². The average Bonchev–Trinajstić information content (AvgIpc) is 2.40. The van der Waals surface area contributed by atoms with Crippen molar-refractivity contribution in [1.82, 2.24) is 0 Å². The predicted molar refractivity (Wildman–Crippen MR) is 80.5 cm³/mol. The summed E-state index contributed by atoms with van der Waals surface area (Å²) in [4.78, 5) is 0. The van der Waals surface area contributed by atoms with Crippen LogP contribution in [0.25, 0.3) is 11.6 Å². The van der Waals surface area contributed by atoms with Gasteiger partial charge >= 0.3 is 0 Å². The maximum atomic E-state index is 2.24. The van der Waals surface area contributed by atoms with Gasteiger partial charge in [-0.1, -0.05) is 74.5 Å². The Kier molecular flexibility index (Phi) is 3.99. The molecule has 0 radical (unpaired) electrons. The molecule has 0 fully saturated rings. The zero-order valence-corrected chi connectivity index (χ0v) is 11.4. The molecule has 2 rings (SSSR count). The van der Waals surface area contributed by atoms with E-state index >= 15 is 0 Å². The van der Waals surface area contributed by atoms with Gasteiger partial charge in [0, 0.05) is 0 Å². The quantitative estimate of drug-likeness (QED) is 0.628. The van der Waals surface area contributed by atoms with Crippen LogP contribution in [0, 0.1) is 0 Å². The first-order valence-corrected chi connectivity index (χ1v) is 6.50. The van der Waals surface area contributed by atoms with Gasteiger partial charge < -0.3 is 0 Å². The minimum absolute atomic E-state index is 0.596. The molecule has 0 amide bonds. The largest absolute Gasteiger partial charge is 0.0622 e. The standard InChI is InChI=1S/C18H20/c1-14(2)17-11-9-16(10-12-17)13-15(3)18-7-5-4-6-8-18/h4-14H,1-3H3. The van der Waals surface area contributed by atoms with Crippen LogP contribution in [0.15, 0.2) is 54.6 Å². The molecule has 0 spiro atoms. The molecule has 0 unspecified atom stereocenters. The maximum Gasteiger partial charge on any atom is -0.0219 e. The third-order valence-corrected chi connectivity index (χ3v) is 3.22. The normalized spacial score (nSPS) is 11.9. The topological polar surface area (TPSA) is 0 Å². The second-order valence-electron chi connectivity index (χ2n) is 5.01. The Morgan fingerprint density at radius 3 is 2.06 bits per heavy atom. The van der Waals surface area contributed by atoms with Gasteiger partial charge in [0.15, 0.2) is 0 Å². The third kappa shape index (κ3) is 3.10. The Morgan fingerprint density at radius 2 is 1.50 bits per heavy atom. The van der Waals surface area contributed by atoms with E-state index in [0.717, 1.165) is 0 Å². The summed E-state index contributed by atoms with van der Waals surface area (Å²) in [5, 5.41) is 0. The lowest BCUT2D eigenvalue weighted by atomic mass is 10.00. The van der Waals surface area contributed by atoms with E-state index in [1.165, 1.54) is 22.3 Å². The highest BCUT2D eigenvalue weighted by Crippen LogP contribution is 2.19. The molecule has 0 nitrogen and oxygen atoms in total. The molecule has 0 saturated heterocycles. The van der Waals surface area contributed by atoms with E-state index < -0.39 is 0 Å². The number of hydrogen-bond acceptors (Lipinski definition) is 0. The smallest absolute Gasteiger partial charge is 0.0219 e. The lowest BCUT2D eigenvalue weighted by molar-refractivity contribution is 0.866. The Morgan fingerprint density at radius 1 is 0.889 bits per heavy atom. The predicted octanol–water partition coefficient (Wildman–Crippen LogP) is 5.37. The highest BCUT2D eigenvalue weighted by molar-refractivity contribution is 5.80. The second-order valence-corrected chi connectivity index (χ2v) is 5.01. The van der Waals surface area contributed by atoms with Gasteiger partial charge in [0.2, 0.25) is 0 Å². The first kappa shape index (κ1) is 12.6. The molecule has 0 bridgehead atoms. The Labute approximate surface area is 110 Å². The summed E-state index contributed by atoms with van der Waals surface area (Å²) in [6.45, 7) is 6.60. The Bertz CT molecular complexity index is 516. The molecule has 0 aliphatic carbocycles. The van der Waals surface area contributed by atoms with Gasteiger partial charge in [0.25, 0.3) is 0 Å². The van der Waals surface area contributed by atoms with Crippen molar-refractivity contribution in [2.75, 3.05) is 0 Å². The molecule has 18 heavy (non-hydrogen) atoms. The van der Waals surface area contributed by atoms with Crippen molar-refractivity contribution in [2.24, 2.45) is 0 Å². The summed E-state index contributed by atoms with van der Waals surface area (Å²) in [5.74, 6) is 0.596. The molecular formula is C18H20. The zero-order chi connectivity index (χ0) is 13.0. The SMILES string of the molecule is CC(=Cc1ccc(C(C)C)cc1)c1ccccc1. The van der Waals surface area contributed by atoms with E-state index in [1.54, 1.807) is 0 Å². The molecule has 0 heteroatoms. The van der Waals surface area contributed by atoms with Gasteiger partial charge in [-0.2, -0.15) is 0 Å². The molecule has 2 aromatic rings. The van der Waals surface area contributed by atoms with Crippen LogP contribution in [0.1, 0.15) is 43.4 Å². The van der Waals surface area contributed by atoms with Crippen molar-refractivity contribution in [3.63, 3.8) is 0 Å². The van der Waals surface area contributed by atoms with Crippen LogP contribution in [-0.4, -0.2) is 0 Å². The minimum atomic E-state index is 0.596. The first-order valence-electron chi connectivity index (χ1n) is 6.50. The van der Waals surface area contributed by atoms with Gasteiger partial charge in [0.05, 0.1) is 0 Å². The lowest BCUT2D eigenvalue weighted by Crippen LogP contribution is -1.86. The number of hydrogen-bond donors (Lipinski definition) is 0. The van der Waals surface area contributed by atoms with Gasteiger partial charge in [0.1, 0.15) is 0 Å². The number of allylic oxidation sites excluding steroid dienone is 1. The summed E-state index contributed by atoms with van der Waals surface area (Å²) < 4.78 is 0. The molecule has 0 atom stereocenters. The van der Waals surface area contributed by atoms with Crippen LogP contribution < -0.4 is 0 Å². The lowest BCUT2D eigenvalue weighted by Gasteiger charge is -2.06. The van der Waals surface area contributed by atoms with Crippen molar-refractivity contribution in [2.45, 2.75) is 26.7 Å². The van der Waals surface area contributed by atoms with Crippen molar-refractivity contribution < 1.29 is 0 Å². The third-order valence-electron chi connectivity index (χ3n) is 3.22. The van der Waals surface area contributed by atoms with Crippen LogP contribution in [0.3, 0.4) is 0 Å². The van der Waals surface area contributed by atoms with Crippen LogP contribution in [0.5, 0.6) is 0 Å². The second kappa shape index (κ2) is 5.68. The molecule has 0 aliphatic rings. The summed E-state index contributed by atoms with van der Waals surface area (Å²) in [7, 11) is 0. The molecule has 2 aromatic carbocycles. The number of benzene rings is 2. The van der Waals surface area contributed by atoms with Gasteiger partial charge in [-0.05, 0) is 35.1 Å². The van der Waals surface area contributed by atoms with Gasteiger partial charge in [-0.25, -0.2) is 0 Å². The van der Waals surface area contributed by atoms with E-state index in [0.29, 0.717) is 5.92 Å². The molecular weight excluding hydrogens is 216 g/mol. The van der Waals surface area contributed by atoms with E-state index in [4.69, 9.17) is 0 Å². The molecule has 0 saturated carbocycles. The van der Waals surface area contributed by atoms with Gasteiger partial charge in [-0.3, -0.25) is 0 Å². The summed E-state index contributed by atoms with van der Waals surface area (Å²) in [6, 6.07) is 19.3. The summed E-state index contributed by atoms with van der Waals surface area (Å²) in [5.41, 5.74) is 5.24. The zero-order valence-electron chi connectivity index (χ0n) is 11.4. The van der Waals surface area contributed by atoms with Crippen LogP contribution in [0.2, 0.25) is 0 Å².